The predicted molar refractivity (Wildman–Crippen MR) is 85.5 cm³/mol. The van der Waals surface area contributed by atoms with E-state index >= 15 is 0 Å². The van der Waals surface area contributed by atoms with Gasteiger partial charge in [-0.05, 0) is 38.1 Å². The molecule has 20 heavy (non-hydrogen) atoms. The lowest BCUT2D eigenvalue weighted by molar-refractivity contribution is 0.294. The fourth-order valence-electron chi connectivity index (χ4n) is 2.25. The van der Waals surface area contributed by atoms with Gasteiger partial charge in [-0.2, -0.15) is 0 Å². The number of nitrogens with two attached hydrogens (primary N) is 1. The summed E-state index contributed by atoms with van der Waals surface area (Å²) in [4.78, 5) is 7.00. The number of para-hydroxylation sites is 1. The first-order chi connectivity index (χ1) is 9.56. The summed E-state index contributed by atoms with van der Waals surface area (Å²) in [5.74, 6) is 0.544. The van der Waals surface area contributed by atoms with Gasteiger partial charge < -0.3 is 10.6 Å². The summed E-state index contributed by atoms with van der Waals surface area (Å²) in [5, 5.41) is 1.20. The van der Waals surface area contributed by atoms with Crippen LogP contribution in [0.2, 0.25) is 0 Å². The van der Waals surface area contributed by atoms with E-state index in [1.54, 1.807) is 0 Å². The SMILES string of the molecule is CC(C)C(N)CCN(C)Cc1ccc2ccccc2n1. The quantitative estimate of drug-likeness (QED) is 0.878. The number of hydrogen-bond donors (Lipinski definition) is 1. The molecule has 1 atom stereocenters. The molecule has 3 heteroatoms. The fraction of sp³-hybridized carbons (Fsp3) is 0.471. The van der Waals surface area contributed by atoms with Crippen LogP contribution < -0.4 is 5.73 Å². The molecule has 2 N–H and O–H groups in total. The number of nitrogens with zero attached hydrogens (tertiary/aromatic N) is 2. The highest BCUT2D eigenvalue weighted by Crippen LogP contribution is 2.13. The highest BCUT2D eigenvalue weighted by molar-refractivity contribution is 5.78. The van der Waals surface area contributed by atoms with Crippen LogP contribution in [0.4, 0.5) is 0 Å². The Morgan fingerprint density at radius 1 is 1.15 bits per heavy atom. The molecule has 0 spiro atoms. The average molecular weight is 271 g/mol. The molecule has 1 unspecified atom stereocenters. The Balaban J connectivity index is 1.94. The molecule has 0 fully saturated rings. The minimum absolute atomic E-state index is 0.280. The Bertz CT molecular complexity index is 551. The molecule has 2 rings (SSSR count). The summed E-state index contributed by atoms with van der Waals surface area (Å²) in [6, 6.07) is 12.8. The Hall–Kier alpha value is -1.45. The lowest BCUT2D eigenvalue weighted by Crippen LogP contribution is -2.31. The normalized spacial score (nSPS) is 13.3. The van der Waals surface area contributed by atoms with E-state index in [2.05, 4.69) is 50.1 Å². The summed E-state index contributed by atoms with van der Waals surface area (Å²) in [5.41, 5.74) is 8.27. The molecule has 0 aliphatic heterocycles. The Morgan fingerprint density at radius 2 is 1.90 bits per heavy atom. The van der Waals surface area contributed by atoms with Crippen LogP contribution in [0.3, 0.4) is 0 Å². The van der Waals surface area contributed by atoms with Gasteiger partial charge in [-0.1, -0.05) is 38.1 Å². The molecule has 0 saturated carbocycles. The van der Waals surface area contributed by atoms with E-state index in [9.17, 15) is 0 Å². The van der Waals surface area contributed by atoms with Crippen molar-refractivity contribution in [2.45, 2.75) is 32.9 Å². The Kier molecular flexibility index (Phi) is 5.10. The molecule has 0 bridgehead atoms. The Labute approximate surface area is 121 Å². The van der Waals surface area contributed by atoms with Crippen molar-refractivity contribution in [3.05, 3.63) is 42.1 Å². The molecule has 0 aliphatic carbocycles. The first-order valence-corrected chi connectivity index (χ1v) is 7.35. The summed E-state index contributed by atoms with van der Waals surface area (Å²) < 4.78 is 0. The minimum Gasteiger partial charge on any atom is -0.327 e. The summed E-state index contributed by atoms with van der Waals surface area (Å²) in [7, 11) is 2.13. The van der Waals surface area contributed by atoms with E-state index in [0.717, 1.165) is 30.7 Å². The van der Waals surface area contributed by atoms with Crippen LogP contribution in [-0.2, 0) is 6.54 Å². The second kappa shape index (κ2) is 6.82. The molecule has 1 heterocycles. The van der Waals surface area contributed by atoms with Crippen molar-refractivity contribution in [3.8, 4) is 0 Å². The number of aromatic nitrogens is 1. The van der Waals surface area contributed by atoms with E-state index < -0.39 is 0 Å². The topological polar surface area (TPSA) is 42.1 Å². The van der Waals surface area contributed by atoms with Gasteiger partial charge in [-0.25, -0.2) is 0 Å². The molecule has 108 valence electrons. The largest absolute Gasteiger partial charge is 0.327 e. The van der Waals surface area contributed by atoms with Crippen molar-refractivity contribution in [1.29, 1.82) is 0 Å². The monoisotopic (exact) mass is 271 g/mol. The second-order valence-corrected chi connectivity index (χ2v) is 5.93. The molecule has 1 aromatic carbocycles. The second-order valence-electron chi connectivity index (χ2n) is 5.93. The zero-order valence-corrected chi connectivity index (χ0v) is 12.7. The maximum Gasteiger partial charge on any atom is 0.0705 e. The first kappa shape index (κ1) is 14.9. The fourth-order valence-corrected chi connectivity index (χ4v) is 2.25. The van der Waals surface area contributed by atoms with Crippen molar-refractivity contribution in [2.75, 3.05) is 13.6 Å². The zero-order valence-electron chi connectivity index (χ0n) is 12.7. The molecule has 0 aliphatic rings. The first-order valence-electron chi connectivity index (χ1n) is 7.35. The third kappa shape index (κ3) is 4.02. The smallest absolute Gasteiger partial charge is 0.0705 e. The molecule has 0 amide bonds. The standard InChI is InChI=1S/C17H25N3/c1-13(2)16(18)10-11-20(3)12-15-9-8-14-6-4-5-7-17(14)19-15/h4-9,13,16H,10-12,18H2,1-3H3. The van der Waals surface area contributed by atoms with Crippen molar-refractivity contribution in [3.63, 3.8) is 0 Å². The van der Waals surface area contributed by atoms with Gasteiger partial charge in [0.25, 0.3) is 0 Å². The van der Waals surface area contributed by atoms with E-state index in [0.29, 0.717) is 5.92 Å². The zero-order chi connectivity index (χ0) is 14.5. The van der Waals surface area contributed by atoms with Gasteiger partial charge in [0.15, 0.2) is 0 Å². The van der Waals surface area contributed by atoms with Crippen molar-refractivity contribution in [1.82, 2.24) is 9.88 Å². The van der Waals surface area contributed by atoms with Crippen molar-refractivity contribution >= 4 is 10.9 Å². The summed E-state index contributed by atoms with van der Waals surface area (Å²) in [6.07, 6.45) is 1.03. The van der Waals surface area contributed by atoms with Crippen LogP contribution in [0.25, 0.3) is 10.9 Å². The molecular weight excluding hydrogens is 246 g/mol. The minimum atomic E-state index is 0.280. The van der Waals surface area contributed by atoms with Gasteiger partial charge in [-0.15, -0.1) is 0 Å². The van der Waals surface area contributed by atoms with Gasteiger partial charge in [-0.3, -0.25) is 4.98 Å². The molecule has 2 aromatic rings. The Morgan fingerprint density at radius 3 is 2.65 bits per heavy atom. The number of hydrogen-bond acceptors (Lipinski definition) is 3. The van der Waals surface area contributed by atoms with Gasteiger partial charge in [0.2, 0.25) is 0 Å². The van der Waals surface area contributed by atoms with Crippen LogP contribution in [0, 0.1) is 5.92 Å². The molecular formula is C17H25N3. The van der Waals surface area contributed by atoms with Crippen LogP contribution >= 0.6 is 0 Å². The molecule has 0 saturated heterocycles. The van der Waals surface area contributed by atoms with Crippen LogP contribution in [0.1, 0.15) is 26.0 Å². The van der Waals surface area contributed by atoms with Crippen LogP contribution in [0.15, 0.2) is 36.4 Å². The lowest BCUT2D eigenvalue weighted by Gasteiger charge is -2.21. The number of pyridine rings is 1. The molecule has 3 nitrogen and oxygen atoms in total. The predicted octanol–water partition coefficient (Wildman–Crippen LogP) is 3.04. The number of fused-ring (bicyclic) bond motifs is 1. The lowest BCUT2D eigenvalue weighted by atomic mass is 10.0. The third-order valence-corrected chi connectivity index (χ3v) is 3.79. The highest BCUT2D eigenvalue weighted by Gasteiger charge is 2.09. The van der Waals surface area contributed by atoms with Crippen molar-refractivity contribution < 1.29 is 0 Å². The van der Waals surface area contributed by atoms with E-state index in [4.69, 9.17) is 10.7 Å². The van der Waals surface area contributed by atoms with Gasteiger partial charge in [0.1, 0.15) is 0 Å². The van der Waals surface area contributed by atoms with Crippen molar-refractivity contribution in [2.24, 2.45) is 11.7 Å². The van der Waals surface area contributed by atoms with Gasteiger partial charge >= 0.3 is 0 Å². The third-order valence-electron chi connectivity index (χ3n) is 3.79. The van der Waals surface area contributed by atoms with E-state index in [1.807, 2.05) is 12.1 Å². The number of benzene rings is 1. The maximum atomic E-state index is 6.09. The maximum absolute atomic E-state index is 6.09. The van der Waals surface area contributed by atoms with Gasteiger partial charge in [0.05, 0.1) is 11.2 Å². The van der Waals surface area contributed by atoms with E-state index in [-0.39, 0.29) is 6.04 Å². The number of rotatable bonds is 6. The summed E-state index contributed by atoms with van der Waals surface area (Å²) in [6.45, 7) is 6.23. The highest BCUT2D eigenvalue weighted by atomic mass is 15.1. The molecule has 1 aromatic heterocycles. The van der Waals surface area contributed by atoms with E-state index in [1.165, 1.54) is 5.39 Å². The van der Waals surface area contributed by atoms with Crippen LogP contribution in [0.5, 0.6) is 0 Å². The molecule has 0 radical (unpaired) electrons. The van der Waals surface area contributed by atoms with Gasteiger partial charge in [0, 0.05) is 18.0 Å². The summed E-state index contributed by atoms with van der Waals surface area (Å²) >= 11 is 0. The van der Waals surface area contributed by atoms with Crippen LogP contribution in [-0.4, -0.2) is 29.5 Å². The average Bonchev–Trinajstić information content (AvgIpc) is 2.44.